The van der Waals surface area contributed by atoms with E-state index in [9.17, 15) is 8.42 Å². The summed E-state index contributed by atoms with van der Waals surface area (Å²) in [6.07, 6.45) is 7.10. The zero-order valence-corrected chi connectivity index (χ0v) is 15.0. The van der Waals surface area contributed by atoms with Gasteiger partial charge in [0.1, 0.15) is 5.84 Å². The first kappa shape index (κ1) is 15.5. The summed E-state index contributed by atoms with van der Waals surface area (Å²) in [7, 11) is -3.31. The fraction of sp³-hybridized carbons (Fsp3) is 0.556. The Balaban J connectivity index is 1.47. The maximum atomic E-state index is 12.5. The van der Waals surface area contributed by atoms with Gasteiger partial charge in [0, 0.05) is 13.1 Å². The Morgan fingerprint density at radius 1 is 1.04 bits per heavy atom. The first-order valence-electron chi connectivity index (χ1n) is 9.14. The standard InChI is InChI=1S/C18H22N4O2S/c23-25(24,13-9-19-10-13)17-8-16(21-22-17)20-18-14-5-1-3-11(14)7-12-4-2-6-15(12)18/h7,13,19H,1-6,8-10H2,(H,20,21). The van der Waals surface area contributed by atoms with Crippen LogP contribution in [0.2, 0.25) is 0 Å². The smallest absolute Gasteiger partial charge is 0.199 e. The van der Waals surface area contributed by atoms with Gasteiger partial charge in [-0.3, -0.25) is 5.43 Å². The average molecular weight is 358 g/mol. The van der Waals surface area contributed by atoms with Crippen molar-refractivity contribution < 1.29 is 8.42 Å². The van der Waals surface area contributed by atoms with E-state index in [2.05, 4.69) is 21.9 Å². The predicted molar refractivity (Wildman–Crippen MR) is 98.4 cm³/mol. The lowest BCUT2D eigenvalue weighted by Crippen LogP contribution is -2.53. The molecule has 0 spiro atoms. The highest BCUT2D eigenvalue weighted by atomic mass is 32.2. The summed E-state index contributed by atoms with van der Waals surface area (Å²) in [4.78, 5) is 4.88. The molecule has 2 aliphatic heterocycles. The zero-order valence-electron chi connectivity index (χ0n) is 14.1. The Morgan fingerprint density at radius 3 is 2.32 bits per heavy atom. The molecule has 6 nitrogen and oxygen atoms in total. The van der Waals surface area contributed by atoms with Gasteiger partial charge >= 0.3 is 0 Å². The topological polar surface area (TPSA) is 82.9 Å². The van der Waals surface area contributed by atoms with Crippen molar-refractivity contribution in [3.63, 3.8) is 0 Å². The first-order chi connectivity index (χ1) is 12.1. The molecular formula is C18H22N4O2S. The Bertz CT molecular complexity index is 881. The van der Waals surface area contributed by atoms with Gasteiger partial charge in [-0.1, -0.05) is 6.07 Å². The van der Waals surface area contributed by atoms with Crippen molar-refractivity contribution in [2.45, 2.75) is 50.2 Å². The van der Waals surface area contributed by atoms with E-state index in [4.69, 9.17) is 4.99 Å². The second-order valence-corrected chi connectivity index (χ2v) is 9.61. The van der Waals surface area contributed by atoms with Crippen LogP contribution in [0.25, 0.3) is 0 Å². The van der Waals surface area contributed by atoms with Crippen LogP contribution >= 0.6 is 0 Å². The maximum Gasteiger partial charge on any atom is 0.199 e. The molecule has 132 valence electrons. The van der Waals surface area contributed by atoms with Crippen molar-refractivity contribution in [2.75, 3.05) is 13.1 Å². The fourth-order valence-electron chi connectivity index (χ4n) is 4.31. The van der Waals surface area contributed by atoms with E-state index in [-0.39, 0.29) is 16.7 Å². The van der Waals surface area contributed by atoms with Crippen LogP contribution in [0.15, 0.2) is 16.2 Å². The highest BCUT2D eigenvalue weighted by Gasteiger charge is 2.37. The molecule has 0 unspecified atom stereocenters. The quantitative estimate of drug-likeness (QED) is 0.837. The van der Waals surface area contributed by atoms with Crippen LogP contribution in [0.3, 0.4) is 0 Å². The van der Waals surface area contributed by atoms with Crippen LogP contribution < -0.4 is 10.7 Å². The normalized spacial score (nSPS) is 24.0. The molecular weight excluding hydrogens is 336 g/mol. The molecule has 0 saturated carbocycles. The summed E-state index contributed by atoms with van der Waals surface area (Å²) in [6.45, 7) is 1.04. The molecule has 25 heavy (non-hydrogen) atoms. The van der Waals surface area contributed by atoms with E-state index in [0.717, 1.165) is 31.4 Å². The van der Waals surface area contributed by atoms with Crippen molar-refractivity contribution in [3.8, 4) is 0 Å². The van der Waals surface area contributed by atoms with Gasteiger partial charge in [-0.25, -0.2) is 13.4 Å². The van der Waals surface area contributed by atoms with Crippen molar-refractivity contribution >= 4 is 26.4 Å². The largest absolute Gasteiger partial charge is 0.314 e. The average Bonchev–Trinajstić information content (AvgIpc) is 3.24. The third kappa shape index (κ3) is 2.44. The summed E-state index contributed by atoms with van der Waals surface area (Å²) >= 11 is 0. The van der Waals surface area contributed by atoms with Gasteiger partial charge in [0.25, 0.3) is 0 Å². The molecule has 1 aromatic carbocycles. The number of amidine groups is 1. The highest BCUT2D eigenvalue weighted by molar-refractivity contribution is 8.07. The summed E-state index contributed by atoms with van der Waals surface area (Å²) in [6, 6.07) is 2.38. The van der Waals surface area contributed by atoms with E-state index >= 15 is 0 Å². The van der Waals surface area contributed by atoms with Gasteiger partial charge < -0.3 is 5.32 Å². The van der Waals surface area contributed by atoms with E-state index < -0.39 is 9.84 Å². The maximum absolute atomic E-state index is 12.5. The lowest BCUT2D eigenvalue weighted by Gasteiger charge is -2.26. The van der Waals surface area contributed by atoms with Crippen LogP contribution in [0, 0.1) is 0 Å². The van der Waals surface area contributed by atoms with Crippen LogP contribution in [-0.4, -0.2) is 37.6 Å². The fourth-order valence-corrected chi connectivity index (χ4v) is 5.88. The Labute approximate surface area is 147 Å². The lowest BCUT2D eigenvalue weighted by atomic mass is 9.99. The monoisotopic (exact) mass is 358 g/mol. The van der Waals surface area contributed by atoms with Crippen LogP contribution in [0.1, 0.15) is 41.5 Å². The van der Waals surface area contributed by atoms with E-state index in [1.165, 1.54) is 35.1 Å². The zero-order chi connectivity index (χ0) is 17.0. The number of aliphatic imine (C=N–C) groups is 1. The molecule has 0 atom stereocenters. The molecule has 4 aliphatic rings. The molecule has 7 heteroatoms. The second-order valence-electron chi connectivity index (χ2n) is 7.39. The number of fused-ring (bicyclic) bond motifs is 2. The van der Waals surface area contributed by atoms with Crippen LogP contribution in [0.5, 0.6) is 0 Å². The minimum absolute atomic E-state index is 0.238. The van der Waals surface area contributed by atoms with Gasteiger partial charge in [-0.2, -0.15) is 5.10 Å². The van der Waals surface area contributed by atoms with Crippen molar-refractivity contribution in [2.24, 2.45) is 10.1 Å². The number of sulfone groups is 1. The van der Waals surface area contributed by atoms with E-state index in [1.807, 2.05) is 0 Å². The van der Waals surface area contributed by atoms with Crippen molar-refractivity contribution in [1.82, 2.24) is 10.7 Å². The van der Waals surface area contributed by atoms with E-state index in [0.29, 0.717) is 18.9 Å². The Hall–Kier alpha value is -1.73. The van der Waals surface area contributed by atoms with Gasteiger partial charge in [-0.05, 0) is 60.8 Å². The predicted octanol–water partition coefficient (Wildman–Crippen LogP) is 1.39. The van der Waals surface area contributed by atoms with Crippen LogP contribution in [0.4, 0.5) is 5.69 Å². The molecule has 1 fully saturated rings. The molecule has 5 rings (SSSR count). The molecule has 0 amide bonds. The SMILES string of the molecule is O=S(=O)(C1=NNC(=Nc2c3c(cc4c2CCC4)CCC3)C1)C1CNC1. The third-order valence-corrected chi connectivity index (χ3v) is 7.93. The van der Waals surface area contributed by atoms with Crippen LogP contribution in [-0.2, 0) is 35.5 Å². The number of hydrogen-bond acceptors (Lipinski definition) is 5. The molecule has 0 bridgehead atoms. The summed E-state index contributed by atoms with van der Waals surface area (Å²) in [5.74, 6) is 0.667. The van der Waals surface area contributed by atoms with Crippen molar-refractivity contribution in [1.29, 1.82) is 0 Å². The summed E-state index contributed by atoms with van der Waals surface area (Å²) < 4.78 is 25.0. The Morgan fingerprint density at radius 2 is 1.72 bits per heavy atom. The van der Waals surface area contributed by atoms with E-state index in [1.54, 1.807) is 0 Å². The minimum atomic E-state index is -3.31. The number of hydrazone groups is 1. The van der Waals surface area contributed by atoms with Gasteiger partial charge in [-0.15, -0.1) is 0 Å². The number of benzene rings is 1. The minimum Gasteiger partial charge on any atom is -0.314 e. The molecule has 0 aromatic heterocycles. The Kier molecular flexibility index (Phi) is 3.50. The summed E-state index contributed by atoms with van der Waals surface area (Å²) in [5.41, 5.74) is 9.60. The second kappa shape index (κ2) is 5.64. The molecule has 0 radical (unpaired) electrons. The summed E-state index contributed by atoms with van der Waals surface area (Å²) in [5, 5.41) is 7.01. The number of rotatable bonds is 2. The third-order valence-electron chi connectivity index (χ3n) is 5.83. The number of hydrogen-bond donors (Lipinski definition) is 2. The molecule has 2 N–H and O–H groups in total. The van der Waals surface area contributed by atoms with Crippen molar-refractivity contribution in [3.05, 3.63) is 28.3 Å². The highest BCUT2D eigenvalue weighted by Crippen LogP contribution is 2.40. The van der Waals surface area contributed by atoms with Gasteiger partial charge in [0.15, 0.2) is 14.9 Å². The molecule has 1 saturated heterocycles. The number of nitrogens with one attached hydrogen (secondary N) is 2. The van der Waals surface area contributed by atoms with Gasteiger partial charge in [0.05, 0.1) is 17.4 Å². The first-order valence-corrected chi connectivity index (χ1v) is 10.7. The number of nitrogens with zero attached hydrogens (tertiary/aromatic N) is 2. The molecule has 2 aliphatic carbocycles. The molecule has 2 heterocycles. The molecule has 1 aromatic rings. The van der Waals surface area contributed by atoms with Gasteiger partial charge in [0.2, 0.25) is 0 Å². The lowest BCUT2D eigenvalue weighted by molar-refractivity contribution is 0.502. The number of aryl methyl sites for hydroxylation is 2.